The van der Waals surface area contributed by atoms with Crippen LogP contribution in [0.5, 0.6) is 0 Å². The lowest BCUT2D eigenvalue weighted by Crippen LogP contribution is -2.17. The van der Waals surface area contributed by atoms with Gasteiger partial charge in [-0.1, -0.05) is 45.4 Å². The number of rotatable bonds is 8. The molecule has 7 nitrogen and oxygen atoms in total. The van der Waals surface area contributed by atoms with Gasteiger partial charge in [-0.15, -0.1) is 0 Å². The molecular weight excluding hydrogens is 372 g/mol. The van der Waals surface area contributed by atoms with Gasteiger partial charge in [-0.25, -0.2) is 9.59 Å². The molecule has 0 spiro atoms. The van der Waals surface area contributed by atoms with Crippen molar-refractivity contribution in [1.82, 2.24) is 0 Å². The number of nitrogens with zero attached hydrogens (tertiary/aromatic N) is 2. The third-order valence-electron chi connectivity index (χ3n) is 4.79. The van der Waals surface area contributed by atoms with E-state index in [1.54, 1.807) is 0 Å². The summed E-state index contributed by atoms with van der Waals surface area (Å²) in [6.45, 7) is 3.26. The lowest BCUT2D eigenvalue weighted by atomic mass is 9.97. The highest BCUT2D eigenvalue weighted by Crippen LogP contribution is 2.20. The van der Waals surface area contributed by atoms with Crippen molar-refractivity contribution in [2.24, 2.45) is 0 Å². The summed E-state index contributed by atoms with van der Waals surface area (Å²) in [6.07, 6.45) is 12.7. The minimum atomic E-state index is -1.38. The molecule has 7 heteroatoms. The van der Waals surface area contributed by atoms with E-state index >= 15 is 0 Å². The van der Waals surface area contributed by atoms with Gasteiger partial charge in [0, 0.05) is 6.61 Å². The van der Waals surface area contributed by atoms with E-state index in [9.17, 15) is 9.59 Å². The smallest absolute Gasteiger partial charge is 0.337 e. The first kappa shape index (κ1) is 24.1. The molecule has 0 bridgehead atoms. The summed E-state index contributed by atoms with van der Waals surface area (Å²) < 4.78 is 5.83. The van der Waals surface area contributed by atoms with E-state index in [0.717, 1.165) is 18.7 Å². The van der Waals surface area contributed by atoms with Gasteiger partial charge in [-0.3, -0.25) is 0 Å². The second-order valence-electron chi connectivity index (χ2n) is 6.94. The number of carboxylic acid groups (broad SMARTS) is 2. The molecule has 2 N–H and O–H groups in total. The molecule has 1 aliphatic carbocycles. The van der Waals surface area contributed by atoms with Crippen molar-refractivity contribution < 1.29 is 24.5 Å². The lowest BCUT2D eigenvalue weighted by molar-refractivity contribution is 0.0263. The van der Waals surface area contributed by atoms with Gasteiger partial charge in [-0.2, -0.15) is 10.5 Å². The van der Waals surface area contributed by atoms with Gasteiger partial charge in [0.2, 0.25) is 0 Å². The van der Waals surface area contributed by atoms with Crippen LogP contribution in [-0.4, -0.2) is 34.9 Å². The van der Waals surface area contributed by atoms with Crippen molar-refractivity contribution in [3.8, 4) is 12.1 Å². The number of hydrogen-bond acceptors (Lipinski definition) is 5. The third-order valence-corrected chi connectivity index (χ3v) is 4.79. The zero-order valence-corrected chi connectivity index (χ0v) is 16.8. The fraction of sp³-hybridized carbons (Fsp3) is 0.545. The molecule has 0 amide bonds. The number of benzene rings is 1. The average Bonchev–Trinajstić information content (AvgIpc) is 2.73. The second kappa shape index (κ2) is 13.3. The molecule has 1 aromatic carbocycles. The van der Waals surface area contributed by atoms with Crippen LogP contribution in [0.1, 0.15) is 96.6 Å². The summed E-state index contributed by atoms with van der Waals surface area (Å²) in [4.78, 5) is 21.4. The zero-order valence-electron chi connectivity index (χ0n) is 16.8. The quantitative estimate of drug-likeness (QED) is 0.602. The Morgan fingerprint density at radius 1 is 0.966 bits per heavy atom. The second-order valence-corrected chi connectivity index (χ2v) is 6.94. The predicted molar refractivity (Wildman–Crippen MR) is 107 cm³/mol. The van der Waals surface area contributed by atoms with Crippen LogP contribution in [0.3, 0.4) is 0 Å². The van der Waals surface area contributed by atoms with Gasteiger partial charge in [0.1, 0.15) is 12.1 Å². The molecule has 0 saturated heterocycles. The number of hydrogen-bond donors (Lipinski definition) is 2. The molecule has 1 aromatic rings. The Morgan fingerprint density at radius 3 is 1.90 bits per heavy atom. The largest absolute Gasteiger partial charge is 0.478 e. The molecule has 0 heterocycles. The summed E-state index contributed by atoms with van der Waals surface area (Å²) in [7, 11) is 0. The molecule has 0 atom stereocenters. The van der Waals surface area contributed by atoms with Crippen LogP contribution in [0.2, 0.25) is 0 Å². The van der Waals surface area contributed by atoms with Gasteiger partial charge >= 0.3 is 11.9 Å². The van der Waals surface area contributed by atoms with E-state index in [1.165, 1.54) is 69.9 Å². The summed E-state index contributed by atoms with van der Waals surface area (Å²) in [6, 6.07) is 5.03. The van der Waals surface area contributed by atoms with Gasteiger partial charge in [0.25, 0.3) is 0 Å². The van der Waals surface area contributed by atoms with E-state index in [2.05, 4.69) is 6.92 Å². The highest BCUT2D eigenvalue weighted by atomic mass is 16.5. The Hall–Kier alpha value is -2.90. The molecule has 156 valence electrons. The van der Waals surface area contributed by atoms with Crippen molar-refractivity contribution in [3.05, 3.63) is 34.4 Å². The lowest BCUT2D eigenvalue weighted by Gasteiger charge is -2.21. The number of nitriles is 2. The van der Waals surface area contributed by atoms with E-state index in [-0.39, 0.29) is 11.1 Å². The Balaban J connectivity index is 0.000000296. The topological polar surface area (TPSA) is 131 Å². The number of aromatic carboxylic acids is 2. The van der Waals surface area contributed by atoms with Crippen LogP contribution < -0.4 is 0 Å². The molecular formula is C22H28N2O5. The Morgan fingerprint density at radius 2 is 1.48 bits per heavy atom. The summed E-state index contributed by atoms with van der Waals surface area (Å²) in [5.41, 5.74) is -1.64. The first-order chi connectivity index (χ1) is 14.0. The molecule has 0 aliphatic heterocycles. The maximum Gasteiger partial charge on any atom is 0.337 e. The highest BCUT2D eigenvalue weighted by Gasteiger charge is 2.20. The maximum absolute atomic E-state index is 10.7. The summed E-state index contributed by atoms with van der Waals surface area (Å²) in [5.74, 6) is -2.77. The van der Waals surface area contributed by atoms with Crippen LogP contribution in [-0.2, 0) is 4.74 Å². The Labute approximate surface area is 171 Å². The van der Waals surface area contributed by atoms with Crippen molar-refractivity contribution in [2.75, 3.05) is 6.61 Å². The van der Waals surface area contributed by atoms with Crippen LogP contribution in [0.25, 0.3) is 0 Å². The van der Waals surface area contributed by atoms with Crippen LogP contribution >= 0.6 is 0 Å². The molecule has 0 radical (unpaired) electrons. The third kappa shape index (κ3) is 7.93. The van der Waals surface area contributed by atoms with Crippen LogP contribution in [0, 0.1) is 22.7 Å². The molecule has 1 saturated carbocycles. The fourth-order valence-electron chi connectivity index (χ4n) is 3.20. The summed E-state index contributed by atoms with van der Waals surface area (Å²) in [5, 5.41) is 34.9. The van der Waals surface area contributed by atoms with E-state index in [4.69, 9.17) is 25.5 Å². The summed E-state index contributed by atoms with van der Waals surface area (Å²) >= 11 is 0. The van der Waals surface area contributed by atoms with Crippen LogP contribution in [0.15, 0.2) is 12.1 Å². The first-order valence-corrected chi connectivity index (χ1v) is 10.0. The number of carbonyl (C=O) groups is 2. The normalized spacial score (nSPS) is 13.5. The van der Waals surface area contributed by atoms with E-state index < -0.39 is 23.1 Å². The predicted octanol–water partition coefficient (Wildman–Crippen LogP) is 4.74. The van der Waals surface area contributed by atoms with Crippen molar-refractivity contribution in [2.45, 2.75) is 70.8 Å². The molecule has 2 rings (SSSR count). The van der Waals surface area contributed by atoms with Crippen LogP contribution in [0.4, 0.5) is 0 Å². The van der Waals surface area contributed by atoms with E-state index in [0.29, 0.717) is 6.10 Å². The average molecular weight is 400 g/mol. The van der Waals surface area contributed by atoms with Gasteiger partial charge in [0.05, 0.1) is 28.4 Å². The monoisotopic (exact) mass is 400 g/mol. The molecule has 1 aliphatic rings. The number of carboxylic acids is 2. The van der Waals surface area contributed by atoms with Gasteiger partial charge in [-0.05, 0) is 31.4 Å². The molecule has 0 aromatic heterocycles. The van der Waals surface area contributed by atoms with Crippen molar-refractivity contribution in [1.29, 1.82) is 10.5 Å². The maximum atomic E-state index is 10.7. The number of unbranched alkanes of at least 4 members (excludes halogenated alkanes) is 3. The fourth-order valence-corrected chi connectivity index (χ4v) is 3.20. The zero-order chi connectivity index (χ0) is 21.6. The minimum Gasteiger partial charge on any atom is -0.478 e. The Kier molecular flexibility index (Phi) is 11.1. The van der Waals surface area contributed by atoms with Gasteiger partial charge < -0.3 is 14.9 Å². The molecule has 1 fully saturated rings. The number of ether oxygens (including phenoxy) is 1. The molecule has 0 unspecified atom stereocenters. The van der Waals surface area contributed by atoms with E-state index in [1.807, 2.05) is 0 Å². The van der Waals surface area contributed by atoms with Crippen molar-refractivity contribution in [3.63, 3.8) is 0 Å². The minimum absolute atomic E-state index is 0.385. The van der Waals surface area contributed by atoms with Gasteiger partial charge in [0.15, 0.2) is 0 Å². The Bertz CT molecular complexity index is 720. The first-order valence-electron chi connectivity index (χ1n) is 10.0. The highest BCUT2D eigenvalue weighted by molar-refractivity contribution is 5.97. The van der Waals surface area contributed by atoms with Crippen molar-refractivity contribution >= 4 is 11.9 Å². The standard InChI is InChI=1S/C12H24O.C10H4N2O4/c1-2-3-4-8-11-13-12-9-6-5-7-10-12;11-3-7-5(9(13)14)1-2-6(10(15)16)8(7)4-12/h12H,2-11H2,1H3;1-2H,(H,13,14)(H,15,16). The SMILES string of the molecule is CCCCCCOC1CCCCC1.N#Cc1c(C(=O)O)ccc(C(=O)O)c1C#N. The molecule has 29 heavy (non-hydrogen) atoms.